The maximum Gasteiger partial charge on any atom is 0.573 e. The van der Waals surface area contributed by atoms with Crippen LogP contribution >= 0.6 is 0 Å². The second kappa shape index (κ2) is 8.29. The number of benzene rings is 1. The normalized spacial score (nSPS) is 17.3. The van der Waals surface area contributed by atoms with Gasteiger partial charge in [0.1, 0.15) is 5.75 Å². The van der Waals surface area contributed by atoms with Crippen LogP contribution in [0.1, 0.15) is 20.3 Å². The molecule has 1 aliphatic rings. The number of rotatable bonds is 5. The Morgan fingerprint density at radius 1 is 1.27 bits per heavy atom. The maximum atomic E-state index is 12.2. The van der Waals surface area contributed by atoms with Crippen molar-refractivity contribution in [3.05, 3.63) is 24.3 Å². The van der Waals surface area contributed by atoms with E-state index in [1.165, 1.54) is 12.1 Å². The lowest BCUT2D eigenvalue weighted by atomic mass is 10.1. The van der Waals surface area contributed by atoms with Crippen LogP contribution in [0.3, 0.4) is 0 Å². The number of alkyl halides is 3. The largest absolute Gasteiger partial charge is 0.573 e. The first-order chi connectivity index (χ1) is 12.1. The van der Waals surface area contributed by atoms with Gasteiger partial charge in [0, 0.05) is 31.2 Å². The number of anilines is 1. The number of ether oxygens (including phenoxy) is 1. The molecule has 1 unspecified atom stereocenters. The Hall–Kier alpha value is -2.45. The molecule has 1 atom stereocenters. The number of urea groups is 1. The molecule has 26 heavy (non-hydrogen) atoms. The Labute approximate surface area is 149 Å². The average Bonchev–Trinajstić information content (AvgIpc) is 3.02. The standard InChI is InChI=1S/C17H22F3N3O3/c1-11(2)15(24)21-9-12-7-8-23(10-12)16(25)22-13-3-5-14(6-4-13)26-17(18,19)20/h3-6,11-12H,7-10H2,1-2H3,(H,21,24)(H,22,25). The third-order valence-electron chi connectivity index (χ3n) is 4.00. The fourth-order valence-electron chi connectivity index (χ4n) is 2.58. The predicted molar refractivity (Wildman–Crippen MR) is 89.7 cm³/mol. The Morgan fingerprint density at radius 2 is 1.92 bits per heavy atom. The lowest BCUT2D eigenvalue weighted by Crippen LogP contribution is -2.36. The first kappa shape index (κ1) is 19.9. The van der Waals surface area contributed by atoms with E-state index in [9.17, 15) is 22.8 Å². The van der Waals surface area contributed by atoms with Crippen LogP contribution in [0.25, 0.3) is 0 Å². The van der Waals surface area contributed by atoms with E-state index in [1.807, 2.05) is 13.8 Å². The minimum Gasteiger partial charge on any atom is -0.406 e. The van der Waals surface area contributed by atoms with Gasteiger partial charge < -0.3 is 20.3 Å². The van der Waals surface area contributed by atoms with Gasteiger partial charge in [0.15, 0.2) is 0 Å². The van der Waals surface area contributed by atoms with Crippen molar-refractivity contribution in [3.8, 4) is 5.75 Å². The summed E-state index contributed by atoms with van der Waals surface area (Å²) in [4.78, 5) is 25.4. The summed E-state index contributed by atoms with van der Waals surface area (Å²) in [5.41, 5.74) is 0.376. The van der Waals surface area contributed by atoms with Gasteiger partial charge in [-0.25, -0.2) is 4.79 Å². The van der Waals surface area contributed by atoms with Crippen LogP contribution in [0.4, 0.5) is 23.7 Å². The molecule has 1 saturated heterocycles. The number of likely N-dealkylation sites (tertiary alicyclic amines) is 1. The number of hydrogen-bond donors (Lipinski definition) is 2. The van der Waals surface area contributed by atoms with Crippen LogP contribution in [-0.4, -0.2) is 42.8 Å². The van der Waals surface area contributed by atoms with Crippen LogP contribution in [0.2, 0.25) is 0 Å². The molecule has 1 heterocycles. The second-order valence-corrected chi connectivity index (χ2v) is 6.50. The van der Waals surface area contributed by atoms with Crippen molar-refractivity contribution >= 4 is 17.6 Å². The molecule has 1 aromatic rings. The van der Waals surface area contributed by atoms with Gasteiger partial charge in [-0.3, -0.25) is 4.79 Å². The van der Waals surface area contributed by atoms with Gasteiger partial charge in [0.2, 0.25) is 5.91 Å². The molecule has 3 amide bonds. The summed E-state index contributed by atoms with van der Waals surface area (Å²) in [6.45, 7) is 5.22. The van der Waals surface area contributed by atoms with E-state index < -0.39 is 6.36 Å². The van der Waals surface area contributed by atoms with E-state index in [1.54, 1.807) is 4.90 Å². The van der Waals surface area contributed by atoms with Crippen LogP contribution in [-0.2, 0) is 4.79 Å². The summed E-state index contributed by atoms with van der Waals surface area (Å²) in [6, 6.07) is 4.63. The zero-order valence-electron chi connectivity index (χ0n) is 14.6. The van der Waals surface area contributed by atoms with Crippen molar-refractivity contribution in [2.75, 3.05) is 25.0 Å². The molecule has 1 aliphatic heterocycles. The molecule has 0 saturated carbocycles. The Kier molecular flexibility index (Phi) is 6.33. The van der Waals surface area contributed by atoms with E-state index >= 15 is 0 Å². The van der Waals surface area contributed by atoms with E-state index in [0.717, 1.165) is 18.6 Å². The maximum absolute atomic E-state index is 12.2. The number of nitrogens with zero attached hydrogens (tertiary/aromatic N) is 1. The molecule has 144 valence electrons. The van der Waals surface area contributed by atoms with E-state index in [4.69, 9.17) is 0 Å². The number of amides is 3. The van der Waals surface area contributed by atoms with Gasteiger partial charge in [-0.2, -0.15) is 0 Å². The summed E-state index contributed by atoms with van der Waals surface area (Å²) in [5.74, 6) is -0.266. The van der Waals surface area contributed by atoms with Gasteiger partial charge in [0.25, 0.3) is 0 Å². The number of carbonyl (C=O) groups is 2. The number of halogens is 3. The fraction of sp³-hybridized carbons (Fsp3) is 0.529. The predicted octanol–water partition coefficient (Wildman–Crippen LogP) is 3.21. The molecule has 0 aromatic heterocycles. The highest BCUT2D eigenvalue weighted by molar-refractivity contribution is 5.89. The third kappa shape index (κ3) is 6.12. The van der Waals surface area contributed by atoms with Gasteiger partial charge in [-0.15, -0.1) is 13.2 Å². The summed E-state index contributed by atoms with van der Waals surface area (Å²) in [6.07, 6.45) is -3.97. The smallest absolute Gasteiger partial charge is 0.406 e. The first-order valence-electron chi connectivity index (χ1n) is 8.33. The SMILES string of the molecule is CC(C)C(=O)NCC1CCN(C(=O)Nc2ccc(OC(F)(F)F)cc2)C1. The zero-order chi connectivity index (χ0) is 19.3. The van der Waals surface area contributed by atoms with Crippen LogP contribution in [0.15, 0.2) is 24.3 Å². The second-order valence-electron chi connectivity index (χ2n) is 6.50. The topological polar surface area (TPSA) is 70.7 Å². The highest BCUT2D eigenvalue weighted by Gasteiger charge is 2.31. The van der Waals surface area contributed by atoms with Crippen LogP contribution in [0, 0.1) is 11.8 Å². The molecule has 0 bridgehead atoms. The molecule has 0 aliphatic carbocycles. The number of nitrogens with one attached hydrogen (secondary N) is 2. The Bertz CT molecular complexity index is 632. The average molecular weight is 373 g/mol. The summed E-state index contributed by atoms with van der Waals surface area (Å²) >= 11 is 0. The number of carbonyl (C=O) groups excluding carboxylic acids is 2. The lowest BCUT2D eigenvalue weighted by molar-refractivity contribution is -0.274. The van der Waals surface area contributed by atoms with Crippen LogP contribution < -0.4 is 15.4 Å². The summed E-state index contributed by atoms with van der Waals surface area (Å²) < 4.78 is 40.2. The Balaban J connectivity index is 1.80. The molecule has 2 rings (SSSR count). The first-order valence-corrected chi connectivity index (χ1v) is 8.33. The van der Waals surface area contributed by atoms with Crippen molar-refractivity contribution in [3.63, 3.8) is 0 Å². The summed E-state index contributed by atoms with van der Waals surface area (Å²) in [7, 11) is 0. The minimum absolute atomic E-state index is 0.0194. The molecular weight excluding hydrogens is 351 g/mol. The highest BCUT2D eigenvalue weighted by Crippen LogP contribution is 2.24. The molecule has 1 fully saturated rings. The van der Waals surface area contributed by atoms with E-state index in [-0.39, 0.29) is 29.5 Å². The van der Waals surface area contributed by atoms with Gasteiger partial charge in [0.05, 0.1) is 0 Å². The molecule has 1 aromatic carbocycles. The molecule has 0 spiro atoms. The fourth-order valence-corrected chi connectivity index (χ4v) is 2.58. The van der Waals surface area contributed by atoms with Crippen molar-refractivity contribution in [2.45, 2.75) is 26.6 Å². The lowest BCUT2D eigenvalue weighted by Gasteiger charge is -2.18. The summed E-state index contributed by atoms with van der Waals surface area (Å²) in [5, 5.41) is 5.50. The molecule has 9 heteroatoms. The Morgan fingerprint density at radius 3 is 2.50 bits per heavy atom. The van der Waals surface area contributed by atoms with Crippen molar-refractivity contribution < 1.29 is 27.5 Å². The van der Waals surface area contributed by atoms with E-state index in [0.29, 0.717) is 25.3 Å². The van der Waals surface area contributed by atoms with Gasteiger partial charge >= 0.3 is 12.4 Å². The molecule has 6 nitrogen and oxygen atoms in total. The monoisotopic (exact) mass is 373 g/mol. The third-order valence-corrected chi connectivity index (χ3v) is 4.00. The van der Waals surface area contributed by atoms with Crippen molar-refractivity contribution in [1.29, 1.82) is 0 Å². The molecular formula is C17H22F3N3O3. The van der Waals surface area contributed by atoms with Gasteiger partial charge in [-0.1, -0.05) is 13.8 Å². The molecule has 0 radical (unpaired) electrons. The number of hydrogen-bond acceptors (Lipinski definition) is 3. The van der Waals surface area contributed by atoms with E-state index in [2.05, 4.69) is 15.4 Å². The highest BCUT2D eigenvalue weighted by atomic mass is 19.4. The van der Waals surface area contributed by atoms with Crippen LogP contribution in [0.5, 0.6) is 5.75 Å². The van der Waals surface area contributed by atoms with Crippen molar-refractivity contribution in [1.82, 2.24) is 10.2 Å². The minimum atomic E-state index is -4.75. The zero-order valence-corrected chi connectivity index (χ0v) is 14.6. The van der Waals surface area contributed by atoms with Gasteiger partial charge in [-0.05, 0) is 36.6 Å². The molecule has 2 N–H and O–H groups in total. The quantitative estimate of drug-likeness (QED) is 0.833. The van der Waals surface area contributed by atoms with Crippen molar-refractivity contribution in [2.24, 2.45) is 11.8 Å².